The van der Waals surface area contributed by atoms with E-state index < -0.39 is 17.9 Å². The zero-order valence-corrected chi connectivity index (χ0v) is 8.80. The second-order valence-electron chi connectivity index (χ2n) is 3.59. The smallest absolute Gasteiger partial charge is 0.310 e. The van der Waals surface area contributed by atoms with Gasteiger partial charge in [0.2, 0.25) is 0 Å². The quantitative estimate of drug-likeness (QED) is 0.663. The Kier molecular flexibility index (Phi) is 3.50. The van der Waals surface area contributed by atoms with Crippen LogP contribution in [0.4, 0.5) is 5.69 Å². The highest BCUT2D eigenvalue weighted by molar-refractivity contribution is 5.77. The Morgan fingerprint density at radius 3 is 2.50 bits per heavy atom. The van der Waals surface area contributed by atoms with Gasteiger partial charge >= 0.3 is 11.9 Å². The van der Waals surface area contributed by atoms with Gasteiger partial charge in [0.15, 0.2) is 0 Å². The first kappa shape index (κ1) is 12.0. The first-order chi connectivity index (χ1) is 7.41. The zero-order chi connectivity index (χ0) is 12.3. The van der Waals surface area contributed by atoms with Gasteiger partial charge in [0, 0.05) is 5.69 Å². The summed E-state index contributed by atoms with van der Waals surface area (Å²) in [5.74, 6) is -2.62. The summed E-state index contributed by atoms with van der Waals surface area (Å²) >= 11 is 0. The Morgan fingerprint density at radius 2 is 2.00 bits per heavy atom. The molecule has 0 aromatic heterocycles. The molecule has 1 unspecified atom stereocenters. The van der Waals surface area contributed by atoms with Gasteiger partial charge in [-0.25, -0.2) is 0 Å². The van der Waals surface area contributed by atoms with Crippen molar-refractivity contribution in [2.45, 2.75) is 19.3 Å². The van der Waals surface area contributed by atoms with Gasteiger partial charge in [-0.3, -0.25) is 9.59 Å². The fraction of sp³-hybridized carbons (Fsp3) is 0.273. The number of nitrogens with two attached hydrogens (primary N) is 1. The van der Waals surface area contributed by atoms with Crippen LogP contribution in [-0.2, 0) is 16.0 Å². The highest BCUT2D eigenvalue weighted by atomic mass is 16.4. The normalized spacial score (nSPS) is 12.1. The monoisotopic (exact) mass is 223 g/mol. The van der Waals surface area contributed by atoms with Crippen molar-refractivity contribution in [3.63, 3.8) is 0 Å². The number of anilines is 1. The van der Waals surface area contributed by atoms with Crippen molar-refractivity contribution in [2.75, 3.05) is 5.73 Å². The number of aliphatic carboxylic acids is 2. The SMILES string of the molecule is CC(C(=O)O)c1ccc(N)c(CC(=O)O)c1. The molecule has 1 aromatic carbocycles. The molecule has 86 valence electrons. The summed E-state index contributed by atoms with van der Waals surface area (Å²) in [6.45, 7) is 1.54. The molecular formula is C11H13NO4. The number of rotatable bonds is 4. The molecule has 1 atom stereocenters. The van der Waals surface area contributed by atoms with Crippen molar-refractivity contribution >= 4 is 17.6 Å². The molecule has 0 aliphatic heterocycles. The first-order valence-electron chi connectivity index (χ1n) is 4.74. The van der Waals surface area contributed by atoms with E-state index in [4.69, 9.17) is 15.9 Å². The zero-order valence-electron chi connectivity index (χ0n) is 8.80. The molecule has 5 nitrogen and oxygen atoms in total. The third kappa shape index (κ3) is 2.73. The van der Waals surface area contributed by atoms with Crippen LogP contribution in [0.15, 0.2) is 18.2 Å². The highest BCUT2D eigenvalue weighted by Crippen LogP contribution is 2.21. The summed E-state index contributed by atoms with van der Waals surface area (Å²) in [6, 6.07) is 4.66. The number of nitrogen functional groups attached to an aromatic ring is 1. The van der Waals surface area contributed by atoms with E-state index in [0.717, 1.165) is 0 Å². The van der Waals surface area contributed by atoms with E-state index in [0.29, 0.717) is 16.8 Å². The van der Waals surface area contributed by atoms with Gasteiger partial charge in [0.05, 0.1) is 12.3 Å². The van der Waals surface area contributed by atoms with Crippen LogP contribution in [0, 0.1) is 0 Å². The number of hydrogen-bond donors (Lipinski definition) is 3. The highest BCUT2D eigenvalue weighted by Gasteiger charge is 2.15. The van der Waals surface area contributed by atoms with E-state index >= 15 is 0 Å². The third-order valence-electron chi connectivity index (χ3n) is 2.38. The summed E-state index contributed by atoms with van der Waals surface area (Å²) in [5.41, 5.74) is 6.96. The van der Waals surface area contributed by atoms with E-state index in [1.807, 2.05) is 0 Å². The lowest BCUT2D eigenvalue weighted by Gasteiger charge is -2.10. The van der Waals surface area contributed by atoms with Crippen molar-refractivity contribution < 1.29 is 19.8 Å². The van der Waals surface area contributed by atoms with Gasteiger partial charge in [0.1, 0.15) is 0 Å². The standard InChI is InChI=1S/C11H13NO4/c1-6(11(15)16)7-2-3-9(12)8(4-7)5-10(13)14/h2-4,6H,5,12H2,1H3,(H,13,14)(H,15,16). The molecular weight excluding hydrogens is 210 g/mol. The summed E-state index contributed by atoms with van der Waals surface area (Å²) < 4.78 is 0. The average molecular weight is 223 g/mol. The molecule has 5 heteroatoms. The van der Waals surface area contributed by atoms with Gasteiger partial charge < -0.3 is 15.9 Å². The van der Waals surface area contributed by atoms with Crippen LogP contribution >= 0.6 is 0 Å². The Balaban J connectivity index is 3.06. The number of carboxylic acid groups (broad SMARTS) is 2. The van der Waals surface area contributed by atoms with E-state index in [2.05, 4.69) is 0 Å². The second-order valence-corrected chi connectivity index (χ2v) is 3.59. The predicted octanol–water partition coefficient (Wildman–Crippen LogP) is 1.08. The molecule has 1 aromatic rings. The molecule has 4 N–H and O–H groups in total. The number of carboxylic acids is 2. The maximum Gasteiger partial charge on any atom is 0.310 e. The van der Waals surface area contributed by atoms with Crippen LogP contribution in [0.5, 0.6) is 0 Å². The van der Waals surface area contributed by atoms with E-state index in [9.17, 15) is 9.59 Å². The molecule has 0 aliphatic carbocycles. The Labute approximate surface area is 92.5 Å². The lowest BCUT2D eigenvalue weighted by molar-refractivity contribution is -0.138. The fourth-order valence-electron chi connectivity index (χ4n) is 1.35. The number of benzene rings is 1. The molecule has 0 fully saturated rings. The largest absolute Gasteiger partial charge is 0.481 e. The van der Waals surface area contributed by atoms with E-state index in [-0.39, 0.29) is 6.42 Å². The molecule has 16 heavy (non-hydrogen) atoms. The molecule has 0 bridgehead atoms. The van der Waals surface area contributed by atoms with Gasteiger partial charge in [-0.05, 0) is 24.1 Å². The summed E-state index contributed by atoms with van der Waals surface area (Å²) in [4.78, 5) is 21.3. The molecule has 0 radical (unpaired) electrons. The minimum atomic E-state index is -0.994. The summed E-state index contributed by atoms with van der Waals surface area (Å²) in [6.07, 6.45) is -0.202. The van der Waals surface area contributed by atoms with Crippen molar-refractivity contribution in [1.82, 2.24) is 0 Å². The molecule has 0 spiro atoms. The Morgan fingerprint density at radius 1 is 1.38 bits per heavy atom. The summed E-state index contributed by atoms with van der Waals surface area (Å²) in [7, 11) is 0. The Hall–Kier alpha value is -2.04. The van der Waals surface area contributed by atoms with E-state index in [1.54, 1.807) is 13.0 Å². The maximum atomic E-state index is 10.8. The van der Waals surface area contributed by atoms with Crippen molar-refractivity contribution in [3.8, 4) is 0 Å². The van der Waals surface area contributed by atoms with Crippen molar-refractivity contribution in [2.24, 2.45) is 0 Å². The van der Waals surface area contributed by atoms with Crippen LogP contribution in [-0.4, -0.2) is 22.2 Å². The maximum absolute atomic E-state index is 10.8. The van der Waals surface area contributed by atoms with Crippen LogP contribution < -0.4 is 5.73 Å². The van der Waals surface area contributed by atoms with Gasteiger partial charge in [-0.2, -0.15) is 0 Å². The fourth-order valence-corrected chi connectivity index (χ4v) is 1.35. The van der Waals surface area contributed by atoms with Gasteiger partial charge in [-0.15, -0.1) is 0 Å². The molecule has 0 saturated heterocycles. The summed E-state index contributed by atoms with van der Waals surface area (Å²) in [5, 5.41) is 17.5. The van der Waals surface area contributed by atoms with Gasteiger partial charge in [-0.1, -0.05) is 12.1 Å². The Bertz CT molecular complexity index is 428. The van der Waals surface area contributed by atoms with Crippen molar-refractivity contribution in [3.05, 3.63) is 29.3 Å². The van der Waals surface area contributed by atoms with Crippen LogP contribution in [0.1, 0.15) is 24.0 Å². The third-order valence-corrected chi connectivity index (χ3v) is 2.38. The predicted molar refractivity (Wildman–Crippen MR) is 58.2 cm³/mol. The van der Waals surface area contributed by atoms with Crippen LogP contribution in [0.2, 0.25) is 0 Å². The van der Waals surface area contributed by atoms with Crippen LogP contribution in [0.25, 0.3) is 0 Å². The van der Waals surface area contributed by atoms with Crippen molar-refractivity contribution in [1.29, 1.82) is 0 Å². The van der Waals surface area contributed by atoms with E-state index in [1.165, 1.54) is 12.1 Å². The molecule has 0 amide bonds. The molecule has 0 aliphatic rings. The minimum absolute atomic E-state index is 0.202. The average Bonchev–Trinajstić information content (AvgIpc) is 2.19. The number of carbonyl (C=O) groups is 2. The van der Waals surface area contributed by atoms with Crippen LogP contribution in [0.3, 0.4) is 0 Å². The molecule has 1 rings (SSSR count). The lowest BCUT2D eigenvalue weighted by atomic mass is 9.97. The minimum Gasteiger partial charge on any atom is -0.481 e. The topological polar surface area (TPSA) is 101 Å². The molecule has 0 saturated carbocycles. The molecule has 0 heterocycles. The van der Waals surface area contributed by atoms with Gasteiger partial charge in [0.25, 0.3) is 0 Å². The first-order valence-corrected chi connectivity index (χ1v) is 4.74. The second kappa shape index (κ2) is 4.65. The number of hydrogen-bond acceptors (Lipinski definition) is 3. The lowest BCUT2D eigenvalue weighted by Crippen LogP contribution is -2.10.